The van der Waals surface area contributed by atoms with E-state index in [2.05, 4.69) is 9.97 Å². The Hall–Kier alpha value is -1.69. The normalized spacial score (nSPS) is 17.4. The number of rotatable bonds is 1. The molecule has 1 aliphatic heterocycles. The Morgan fingerprint density at radius 2 is 2.12 bits per heavy atom. The smallest absolute Gasteiger partial charge is 0.274 e. The minimum absolute atomic E-state index is 0.174. The molecule has 0 aromatic carbocycles. The van der Waals surface area contributed by atoms with E-state index in [4.69, 9.17) is 5.73 Å². The Morgan fingerprint density at radius 3 is 2.75 bits per heavy atom. The summed E-state index contributed by atoms with van der Waals surface area (Å²) in [6, 6.07) is 0. The van der Waals surface area contributed by atoms with E-state index in [0.717, 1.165) is 0 Å². The molecule has 1 aliphatic rings. The summed E-state index contributed by atoms with van der Waals surface area (Å²) in [5.74, 6) is 0.0644. The van der Waals surface area contributed by atoms with Gasteiger partial charge in [-0.05, 0) is 12.8 Å². The number of nitrogen functional groups attached to an aromatic ring is 1. The van der Waals surface area contributed by atoms with E-state index >= 15 is 0 Å². The molecule has 2 rings (SSSR count). The van der Waals surface area contributed by atoms with Crippen molar-refractivity contribution in [2.24, 2.45) is 0 Å². The number of amides is 1. The van der Waals surface area contributed by atoms with Crippen LogP contribution >= 0.6 is 0 Å². The zero-order valence-corrected chi connectivity index (χ0v) is 8.83. The number of hydrogen-bond donors (Lipinski definition) is 2. The highest BCUT2D eigenvalue weighted by atomic mass is 16.3. The van der Waals surface area contributed by atoms with Gasteiger partial charge in [0.2, 0.25) is 0 Å². The predicted molar refractivity (Wildman–Crippen MR) is 57.6 cm³/mol. The van der Waals surface area contributed by atoms with Gasteiger partial charge < -0.3 is 15.7 Å². The maximum atomic E-state index is 11.9. The average molecular weight is 222 g/mol. The number of piperidine rings is 1. The van der Waals surface area contributed by atoms with Crippen LogP contribution in [0.15, 0.2) is 12.4 Å². The lowest BCUT2D eigenvalue weighted by Gasteiger charge is -2.29. The van der Waals surface area contributed by atoms with E-state index in [1.807, 2.05) is 0 Å². The third kappa shape index (κ3) is 2.27. The van der Waals surface area contributed by atoms with Crippen LogP contribution in [0.25, 0.3) is 0 Å². The fourth-order valence-electron chi connectivity index (χ4n) is 1.72. The molecule has 0 spiro atoms. The molecule has 0 bridgehead atoms. The summed E-state index contributed by atoms with van der Waals surface area (Å²) in [5, 5.41) is 9.34. The van der Waals surface area contributed by atoms with E-state index in [1.165, 1.54) is 12.4 Å². The van der Waals surface area contributed by atoms with Crippen LogP contribution in [0.1, 0.15) is 23.3 Å². The van der Waals surface area contributed by atoms with E-state index in [1.54, 1.807) is 4.90 Å². The predicted octanol–water partition coefficient (Wildman–Crippen LogP) is -0.344. The zero-order valence-electron chi connectivity index (χ0n) is 8.83. The first-order valence-electron chi connectivity index (χ1n) is 5.21. The number of carbonyl (C=O) groups is 1. The van der Waals surface area contributed by atoms with Crippen molar-refractivity contribution >= 4 is 11.7 Å². The fraction of sp³-hybridized carbons (Fsp3) is 0.500. The molecule has 6 nitrogen and oxygen atoms in total. The molecule has 1 aromatic rings. The number of aromatic nitrogens is 2. The summed E-state index contributed by atoms with van der Waals surface area (Å²) < 4.78 is 0. The topological polar surface area (TPSA) is 92.3 Å². The van der Waals surface area contributed by atoms with Gasteiger partial charge in [-0.3, -0.25) is 9.78 Å². The third-order valence-corrected chi connectivity index (χ3v) is 2.62. The van der Waals surface area contributed by atoms with Gasteiger partial charge in [-0.1, -0.05) is 0 Å². The Bertz CT molecular complexity index is 388. The van der Waals surface area contributed by atoms with Gasteiger partial charge in [0.25, 0.3) is 5.91 Å². The first-order valence-corrected chi connectivity index (χ1v) is 5.21. The van der Waals surface area contributed by atoms with E-state index in [9.17, 15) is 9.90 Å². The highest BCUT2D eigenvalue weighted by molar-refractivity contribution is 5.92. The number of nitrogens with two attached hydrogens (primary N) is 1. The fourth-order valence-corrected chi connectivity index (χ4v) is 1.72. The number of likely N-dealkylation sites (tertiary alicyclic amines) is 1. The molecule has 1 fully saturated rings. The molecule has 0 radical (unpaired) electrons. The molecular formula is C10H14N4O2. The molecule has 0 aliphatic carbocycles. The number of nitrogens with zero attached hydrogens (tertiary/aromatic N) is 3. The molecule has 0 unspecified atom stereocenters. The molecule has 16 heavy (non-hydrogen) atoms. The second-order valence-corrected chi connectivity index (χ2v) is 3.85. The SMILES string of the molecule is Nc1cncc(C(=O)N2CCC(O)CC2)n1. The molecule has 0 saturated carbocycles. The van der Waals surface area contributed by atoms with Gasteiger partial charge in [0, 0.05) is 13.1 Å². The Morgan fingerprint density at radius 1 is 1.44 bits per heavy atom. The second-order valence-electron chi connectivity index (χ2n) is 3.85. The molecule has 1 saturated heterocycles. The van der Waals surface area contributed by atoms with Crippen LogP contribution in [0.3, 0.4) is 0 Å². The van der Waals surface area contributed by atoms with Gasteiger partial charge in [-0.15, -0.1) is 0 Å². The molecular weight excluding hydrogens is 208 g/mol. The van der Waals surface area contributed by atoms with Gasteiger partial charge in [-0.2, -0.15) is 0 Å². The number of hydrogen-bond acceptors (Lipinski definition) is 5. The van der Waals surface area contributed by atoms with Crippen molar-refractivity contribution in [3.8, 4) is 0 Å². The summed E-state index contributed by atoms with van der Waals surface area (Å²) in [5.41, 5.74) is 5.72. The van der Waals surface area contributed by atoms with Crippen LogP contribution in [-0.4, -0.2) is 45.1 Å². The first-order chi connectivity index (χ1) is 7.66. The number of carbonyl (C=O) groups excluding carboxylic acids is 1. The van der Waals surface area contributed by atoms with Crippen LogP contribution < -0.4 is 5.73 Å². The van der Waals surface area contributed by atoms with E-state index < -0.39 is 0 Å². The van der Waals surface area contributed by atoms with Gasteiger partial charge in [0.15, 0.2) is 0 Å². The van der Waals surface area contributed by atoms with Gasteiger partial charge >= 0.3 is 0 Å². The highest BCUT2D eigenvalue weighted by Crippen LogP contribution is 2.12. The summed E-state index contributed by atoms with van der Waals surface area (Å²) in [6.07, 6.45) is 3.74. The van der Waals surface area contributed by atoms with Crippen LogP contribution in [0.4, 0.5) is 5.82 Å². The molecule has 3 N–H and O–H groups in total. The standard InChI is InChI=1S/C10H14N4O2/c11-9-6-12-5-8(13-9)10(16)14-3-1-7(15)2-4-14/h5-7,15H,1-4H2,(H2,11,13). The van der Waals surface area contributed by atoms with Gasteiger partial charge in [-0.25, -0.2) is 4.98 Å². The van der Waals surface area contributed by atoms with Crippen molar-refractivity contribution in [3.05, 3.63) is 18.1 Å². The summed E-state index contributed by atoms with van der Waals surface area (Å²) >= 11 is 0. The van der Waals surface area contributed by atoms with Crippen LogP contribution in [0.2, 0.25) is 0 Å². The molecule has 6 heteroatoms. The Balaban J connectivity index is 2.08. The highest BCUT2D eigenvalue weighted by Gasteiger charge is 2.23. The largest absolute Gasteiger partial charge is 0.393 e. The minimum atomic E-state index is -0.295. The Labute approximate surface area is 93.1 Å². The maximum absolute atomic E-state index is 11.9. The van der Waals surface area contributed by atoms with Crippen molar-refractivity contribution in [1.29, 1.82) is 0 Å². The quantitative estimate of drug-likeness (QED) is 0.678. The zero-order chi connectivity index (χ0) is 11.5. The van der Waals surface area contributed by atoms with Crippen molar-refractivity contribution in [2.45, 2.75) is 18.9 Å². The molecule has 2 heterocycles. The molecule has 86 valence electrons. The lowest BCUT2D eigenvalue weighted by Crippen LogP contribution is -2.40. The summed E-state index contributed by atoms with van der Waals surface area (Å²) in [7, 11) is 0. The first kappa shape index (κ1) is 10.8. The van der Waals surface area contributed by atoms with Crippen molar-refractivity contribution in [3.63, 3.8) is 0 Å². The number of aliphatic hydroxyl groups is 1. The number of aliphatic hydroxyl groups excluding tert-OH is 1. The number of anilines is 1. The maximum Gasteiger partial charge on any atom is 0.274 e. The van der Waals surface area contributed by atoms with Crippen molar-refractivity contribution in [1.82, 2.24) is 14.9 Å². The van der Waals surface area contributed by atoms with E-state index in [0.29, 0.717) is 25.9 Å². The summed E-state index contributed by atoms with van der Waals surface area (Å²) in [6.45, 7) is 1.10. The third-order valence-electron chi connectivity index (χ3n) is 2.62. The van der Waals surface area contributed by atoms with Crippen LogP contribution in [0, 0.1) is 0 Å². The van der Waals surface area contributed by atoms with Crippen molar-refractivity contribution in [2.75, 3.05) is 18.8 Å². The van der Waals surface area contributed by atoms with Gasteiger partial charge in [0.05, 0.1) is 18.5 Å². The minimum Gasteiger partial charge on any atom is -0.393 e. The molecule has 0 atom stereocenters. The monoisotopic (exact) mass is 222 g/mol. The molecule has 1 amide bonds. The van der Waals surface area contributed by atoms with Crippen LogP contribution in [0.5, 0.6) is 0 Å². The summed E-state index contributed by atoms with van der Waals surface area (Å²) in [4.78, 5) is 21.4. The lowest BCUT2D eigenvalue weighted by molar-refractivity contribution is 0.0541. The average Bonchev–Trinajstić information content (AvgIpc) is 2.29. The van der Waals surface area contributed by atoms with Crippen LogP contribution in [-0.2, 0) is 0 Å². The van der Waals surface area contributed by atoms with Crippen molar-refractivity contribution < 1.29 is 9.90 Å². The lowest BCUT2D eigenvalue weighted by atomic mass is 10.1. The second kappa shape index (κ2) is 4.44. The Kier molecular flexibility index (Phi) is 3.00. The molecule has 1 aromatic heterocycles. The van der Waals surface area contributed by atoms with E-state index in [-0.39, 0.29) is 23.5 Å². The van der Waals surface area contributed by atoms with Gasteiger partial charge in [0.1, 0.15) is 11.5 Å².